The zero-order chi connectivity index (χ0) is 11.7. The molecule has 0 unspecified atom stereocenters. The molecular weight excluding hydrogens is 236 g/mol. The Hall–Kier alpha value is -1.63. The van der Waals surface area contributed by atoms with Crippen LogP contribution in [0.15, 0.2) is 17.3 Å². The topological polar surface area (TPSA) is 71.8 Å². The molecule has 1 aromatic carbocycles. The second-order valence-corrected chi connectivity index (χ2v) is 4.04. The van der Waals surface area contributed by atoms with Crippen LogP contribution in [0.4, 0.5) is 8.78 Å². The van der Waals surface area contributed by atoms with E-state index < -0.39 is 17.5 Å². The number of halogens is 2. The minimum absolute atomic E-state index is 0.0603. The molecule has 0 radical (unpaired) electrons. The third kappa shape index (κ3) is 2.13. The summed E-state index contributed by atoms with van der Waals surface area (Å²) in [6.45, 7) is 0. The van der Waals surface area contributed by atoms with Gasteiger partial charge in [0, 0.05) is 12.1 Å². The van der Waals surface area contributed by atoms with E-state index >= 15 is 0 Å². The molecule has 0 spiro atoms. The van der Waals surface area contributed by atoms with Crippen LogP contribution in [0.5, 0.6) is 0 Å². The Balaban J connectivity index is 2.33. The van der Waals surface area contributed by atoms with Gasteiger partial charge in [-0.15, -0.1) is 0 Å². The molecule has 1 aromatic heterocycles. The Labute approximate surface area is 93.2 Å². The summed E-state index contributed by atoms with van der Waals surface area (Å²) in [5.74, 6) is -2.32. The SMILES string of the molecule is NC(=O)CSc1nc2cc(F)c(F)cc2[nH]1. The largest absolute Gasteiger partial charge is 0.369 e. The number of benzene rings is 1. The lowest BCUT2D eigenvalue weighted by atomic mass is 10.3. The van der Waals surface area contributed by atoms with Gasteiger partial charge in [-0.1, -0.05) is 11.8 Å². The molecule has 4 nitrogen and oxygen atoms in total. The Morgan fingerprint density at radius 2 is 2.12 bits per heavy atom. The first-order valence-corrected chi connectivity index (χ1v) is 5.30. The van der Waals surface area contributed by atoms with Crippen molar-refractivity contribution >= 4 is 28.7 Å². The van der Waals surface area contributed by atoms with Crippen LogP contribution in [0.3, 0.4) is 0 Å². The van der Waals surface area contributed by atoms with E-state index in [4.69, 9.17) is 5.73 Å². The summed E-state index contributed by atoms with van der Waals surface area (Å²) in [6, 6.07) is 2.02. The van der Waals surface area contributed by atoms with Gasteiger partial charge in [-0.25, -0.2) is 13.8 Å². The number of H-pyrrole nitrogens is 1. The normalized spacial score (nSPS) is 10.9. The molecule has 16 heavy (non-hydrogen) atoms. The minimum atomic E-state index is -0.953. The number of rotatable bonds is 3. The molecule has 2 rings (SSSR count). The van der Waals surface area contributed by atoms with Gasteiger partial charge in [0.1, 0.15) is 0 Å². The molecule has 1 heterocycles. The predicted molar refractivity (Wildman–Crippen MR) is 55.9 cm³/mol. The van der Waals surface area contributed by atoms with Crippen molar-refractivity contribution in [2.45, 2.75) is 5.16 Å². The maximum absolute atomic E-state index is 12.9. The molecule has 0 bridgehead atoms. The highest BCUT2D eigenvalue weighted by Gasteiger charge is 2.09. The van der Waals surface area contributed by atoms with E-state index in [1.165, 1.54) is 0 Å². The predicted octanol–water partition coefficient (Wildman–Crippen LogP) is 1.42. The van der Waals surface area contributed by atoms with Gasteiger partial charge in [0.25, 0.3) is 0 Å². The molecular formula is C9H7F2N3OS. The molecule has 7 heteroatoms. The van der Waals surface area contributed by atoms with E-state index in [0.29, 0.717) is 16.2 Å². The average Bonchev–Trinajstić information content (AvgIpc) is 2.58. The van der Waals surface area contributed by atoms with Gasteiger partial charge in [-0.2, -0.15) is 0 Å². The number of carbonyl (C=O) groups excluding carboxylic acids is 1. The maximum Gasteiger partial charge on any atom is 0.227 e. The summed E-state index contributed by atoms with van der Waals surface area (Å²) in [5, 5.41) is 0.402. The van der Waals surface area contributed by atoms with E-state index in [9.17, 15) is 13.6 Å². The number of aromatic nitrogens is 2. The van der Waals surface area contributed by atoms with Crippen LogP contribution < -0.4 is 5.73 Å². The molecule has 0 aliphatic carbocycles. The lowest BCUT2D eigenvalue weighted by molar-refractivity contribution is -0.115. The first-order chi connectivity index (χ1) is 7.56. The Morgan fingerprint density at radius 1 is 1.44 bits per heavy atom. The van der Waals surface area contributed by atoms with Crippen molar-refractivity contribution < 1.29 is 13.6 Å². The second-order valence-electron chi connectivity index (χ2n) is 3.08. The van der Waals surface area contributed by atoms with Crippen LogP contribution in [-0.4, -0.2) is 21.6 Å². The number of primary amides is 1. The number of nitrogens with one attached hydrogen (secondary N) is 1. The maximum atomic E-state index is 12.9. The number of hydrogen-bond acceptors (Lipinski definition) is 3. The molecule has 0 aliphatic rings. The molecule has 0 aliphatic heterocycles. The zero-order valence-electron chi connectivity index (χ0n) is 7.96. The second kappa shape index (κ2) is 4.09. The molecule has 2 aromatic rings. The monoisotopic (exact) mass is 243 g/mol. The Bertz CT molecular complexity index is 516. The summed E-state index contributed by atoms with van der Waals surface area (Å²) in [6.07, 6.45) is 0. The summed E-state index contributed by atoms with van der Waals surface area (Å²) >= 11 is 1.08. The third-order valence-corrected chi connectivity index (χ3v) is 2.75. The van der Waals surface area contributed by atoms with E-state index in [1.807, 2.05) is 0 Å². The fourth-order valence-corrected chi connectivity index (χ4v) is 1.81. The van der Waals surface area contributed by atoms with Crippen LogP contribution in [0.25, 0.3) is 11.0 Å². The minimum Gasteiger partial charge on any atom is -0.369 e. The molecule has 0 atom stereocenters. The highest BCUT2D eigenvalue weighted by molar-refractivity contribution is 7.99. The van der Waals surface area contributed by atoms with Crippen molar-refractivity contribution in [2.24, 2.45) is 5.73 Å². The first kappa shape index (κ1) is 10.9. The third-order valence-electron chi connectivity index (χ3n) is 1.85. The summed E-state index contributed by atoms with van der Waals surface area (Å²) < 4.78 is 25.7. The average molecular weight is 243 g/mol. The fraction of sp³-hybridized carbons (Fsp3) is 0.111. The van der Waals surface area contributed by atoms with Gasteiger partial charge in [0.2, 0.25) is 5.91 Å². The smallest absolute Gasteiger partial charge is 0.227 e. The number of aromatic amines is 1. The Morgan fingerprint density at radius 3 is 2.81 bits per heavy atom. The lowest BCUT2D eigenvalue weighted by Crippen LogP contribution is -2.13. The number of nitrogens with two attached hydrogens (primary N) is 1. The van der Waals surface area contributed by atoms with E-state index in [1.54, 1.807) is 0 Å². The van der Waals surface area contributed by atoms with Crippen molar-refractivity contribution in [2.75, 3.05) is 5.75 Å². The van der Waals surface area contributed by atoms with Crippen LogP contribution in [0.2, 0.25) is 0 Å². The van der Waals surface area contributed by atoms with Gasteiger partial charge < -0.3 is 10.7 Å². The highest BCUT2D eigenvalue weighted by atomic mass is 32.2. The number of nitrogens with zero attached hydrogens (tertiary/aromatic N) is 1. The van der Waals surface area contributed by atoms with Gasteiger partial charge >= 0.3 is 0 Å². The Kier molecular flexibility index (Phi) is 2.78. The molecule has 1 amide bonds. The van der Waals surface area contributed by atoms with Gasteiger partial charge in [0.05, 0.1) is 16.8 Å². The van der Waals surface area contributed by atoms with Crippen molar-refractivity contribution in [3.63, 3.8) is 0 Å². The van der Waals surface area contributed by atoms with Gasteiger partial charge in [-0.3, -0.25) is 4.79 Å². The number of fused-ring (bicyclic) bond motifs is 1. The highest BCUT2D eigenvalue weighted by Crippen LogP contribution is 2.21. The quantitative estimate of drug-likeness (QED) is 0.801. The van der Waals surface area contributed by atoms with Crippen LogP contribution in [-0.2, 0) is 4.79 Å². The standard InChI is InChI=1S/C9H7F2N3OS/c10-4-1-6-7(2-5(4)11)14-9(13-6)16-3-8(12)15/h1-2H,3H2,(H2,12,15)(H,13,14). The van der Waals surface area contributed by atoms with Crippen molar-refractivity contribution in [3.05, 3.63) is 23.8 Å². The summed E-state index contributed by atoms with van der Waals surface area (Å²) in [4.78, 5) is 17.3. The van der Waals surface area contributed by atoms with E-state index in [-0.39, 0.29) is 5.75 Å². The molecule has 0 saturated carbocycles. The van der Waals surface area contributed by atoms with Crippen LogP contribution in [0.1, 0.15) is 0 Å². The zero-order valence-corrected chi connectivity index (χ0v) is 8.78. The first-order valence-electron chi connectivity index (χ1n) is 4.32. The van der Waals surface area contributed by atoms with Crippen LogP contribution in [0, 0.1) is 11.6 Å². The van der Waals surface area contributed by atoms with Crippen molar-refractivity contribution in [3.8, 4) is 0 Å². The fourth-order valence-electron chi connectivity index (χ4n) is 1.19. The molecule has 3 N–H and O–H groups in total. The molecule has 0 fully saturated rings. The van der Waals surface area contributed by atoms with Crippen molar-refractivity contribution in [1.82, 2.24) is 9.97 Å². The number of imidazole rings is 1. The number of thioether (sulfide) groups is 1. The molecule has 84 valence electrons. The van der Waals surface area contributed by atoms with E-state index in [2.05, 4.69) is 9.97 Å². The van der Waals surface area contributed by atoms with E-state index in [0.717, 1.165) is 23.9 Å². The number of carbonyl (C=O) groups is 1. The number of amides is 1. The molecule has 0 saturated heterocycles. The van der Waals surface area contributed by atoms with Gasteiger partial charge in [-0.05, 0) is 0 Å². The lowest BCUT2D eigenvalue weighted by Gasteiger charge is -1.91. The summed E-state index contributed by atoms with van der Waals surface area (Å²) in [5.41, 5.74) is 5.65. The number of hydrogen-bond donors (Lipinski definition) is 2. The summed E-state index contributed by atoms with van der Waals surface area (Å²) in [7, 11) is 0. The van der Waals surface area contributed by atoms with Crippen LogP contribution >= 0.6 is 11.8 Å². The van der Waals surface area contributed by atoms with Crippen molar-refractivity contribution in [1.29, 1.82) is 0 Å². The van der Waals surface area contributed by atoms with Gasteiger partial charge in [0.15, 0.2) is 16.8 Å².